The van der Waals surface area contributed by atoms with Gasteiger partial charge in [-0.15, -0.1) is 0 Å². The summed E-state index contributed by atoms with van der Waals surface area (Å²) in [7, 11) is 2.91. The van der Waals surface area contributed by atoms with Crippen LogP contribution in [0, 0.1) is 0 Å². The lowest BCUT2D eigenvalue weighted by atomic mass is 10.1. The molecule has 100 valence electrons. The van der Waals surface area contributed by atoms with Gasteiger partial charge in [-0.25, -0.2) is 0 Å². The summed E-state index contributed by atoms with van der Waals surface area (Å²) in [6.45, 7) is 1.47. The van der Waals surface area contributed by atoms with E-state index in [0.717, 1.165) is 16.5 Å². The lowest BCUT2D eigenvalue weighted by Crippen LogP contribution is -2.05. The maximum Gasteiger partial charge on any atom is 0.310 e. The molecule has 0 aliphatic heterocycles. The average molecular weight is 261 g/mol. The molecule has 1 heterocycles. The molecule has 0 fully saturated rings. The molecule has 0 unspecified atom stereocenters. The van der Waals surface area contributed by atoms with Gasteiger partial charge in [0.15, 0.2) is 0 Å². The summed E-state index contributed by atoms with van der Waals surface area (Å²) in [4.78, 5) is 23.0. The van der Waals surface area contributed by atoms with Gasteiger partial charge in [-0.2, -0.15) is 0 Å². The molecular formula is C14H15NO4. The van der Waals surface area contributed by atoms with Crippen LogP contribution in [0.4, 0.5) is 0 Å². The van der Waals surface area contributed by atoms with Crippen molar-refractivity contribution in [2.45, 2.75) is 13.3 Å². The Hall–Kier alpha value is -2.30. The van der Waals surface area contributed by atoms with Gasteiger partial charge in [-0.05, 0) is 17.7 Å². The zero-order valence-electron chi connectivity index (χ0n) is 11.1. The zero-order chi connectivity index (χ0) is 14.0. The lowest BCUT2D eigenvalue weighted by Gasteiger charge is -2.02. The Morgan fingerprint density at radius 3 is 2.58 bits per heavy atom. The fraction of sp³-hybridized carbons (Fsp3) is 0.286. The predicted octanol–water partition coefficient (Wildman–Crippen LogP) is 2.03. The molecule has 0 aliphatic carbocycles. The maximum atomic E-state index is 11.6. The summed E-state index contributed by atoms with van der Waals surface area (Å²) in [6.07, 6.45) is 1.81. The second kappa shape index (κ2) is 5.14. The number of benzene rings is 1. The number of ether oxygens (including phenoxy) is 2. The number of rotatable bonds is 3. The van der Waals surface area contributed by atoms with E-state index in [1.54, 1.807) is 25.4 Å². The van der Waals surface area contributed by atoms with Gasteiger partial charge < -0.3 is 9.47 Å². The van der Waals surface area contributed by atoms with Gasteiger partial charge >= 0.3 is 5.97 Å². The second-order valence-electron chi connectivity index (χ2n) is 4.18. The summed E-state index contributed by atoms with van der Waals surface area (Å²) >= 11 is 0. The molecule has 1 aromatic heterocycles. The van der Waals surface area contributed by atoms with Crippen LogP contribution in [-0.2, 0) is 16.0 Å². The molecular weight excluding hydrogens is 246 g/mol. The van der Waals surface area contributed by atoms with Crippen molar-refractivity contribution >= 4 is 22.8 Å². The van der Waals surface area contributed by atoms with E-state index < -0.39 is 0 Å². The first kappa shape index (κ1) is 13.1. The molecule has 0 spiro atoms. The number of methoxy groups -OCH3 is 2. The number of aromatic nitrogens is 1. The summed E-state index contributed by atoms with van der Waals surface area (Å²) in [6, 6.07) is 5.41. The van der Waals surface area contributed by atoms with Crippen LogP contribution in [0.1, 0.15) is 17.3 Å². The highest BCUT2D eigenvalue weighted by atomic mass is 16.5. The first-order valence-corrected chi connectivity index (χ1v) is 5.82. The van der Waals surface area contributed by atoms with Gasteiger partial charge in [0.1, 0.15) is 5.75 Å². The number of hydrogen-bond donors (Lipinski definition) is 0. The summed E-state index contributed by atoms with van der Waals surface area (Å²) in [5, 5.41) is 0.849. The normalized spacial score (nSPS) is 10.5. The highest BCUT2D eigenvalue weighted by Crippen LogP contribution is 2.26. The second-order valence-corrected chi connectivity index (χ2v) is 4.18. The third-order valence-corrected chi connectivity index (χ3v) is 3.00. The van der Waals surface area contributed by atoms with E-state index in [4.69, 9.17) is 4.74 Å². The van der Waals surface area contributed by atoms with Crippen molar-refractivity contribution in [3.05, 3.63) is 30.0 Å². The van der Waals surface area contributed by atoms with Crippen LogP contribution in [0.25, 0.3) is 10.9 Å². The van der Waals surface area contributed by atoms with Crippen molar-refractivity contribution in [1.29, 1.82) is 0 Å². The van der Waals surface area contributed by atoms with E-state index in [0.29, 0.717) is 5.75 Å². The van der Waals surface area contributed by atoms with Crippen LogP contribution in [0.3, 0.4) is 0 Å². The fourth-order valence-corrected chi connectivity index (χ4v) is 2.03. The molecule has 0 saturated heterocycles. The summed E-state index contributed by atoms with van der Waals surface area (Å²) in [5.74, 6) is 0.213. The minimum atomic E-state index is -0.335. The first-order chi connectivity index (χ1) is 9.06. The van der Waals surface area contributed by atoms with E-state index in [1.807, 2.05) is 6.07 Å². The Labute approximate surface area is 110 Å². The summed E-state index contributed by atoms with van der Waals surface area (Å²) < 4.78 is 11.3. The molecule has 0 amide bonds. The van der Waals surface area contributed by atoms with Crippen LogP contribution in [0.2, 0.25) is 0 Å². The van der Waals surface area contributed by atoms with Crippen LogP contribution in [-0.4, -0.2) is 30.7 Å². The zero-order valence-corrected chi connectivity index (χ0v) is 11.1. The van der Waals surface area contributed by atoms with Gasteiger partial charge in [0.2, 0.25) is 5.91 Å². The van der Waals surface area contributed by atoms with E-state index >= 15 is 0 Å². The molecule has 5 heteroatoms. The topological polar surface area (TPSA) is 57.5 Å². The number of fused-ring (bicyclic) bond motifs is 1. The molecule has 19 heavy (non-hydrogen) atoms. The highest BCUT2D eigenvalue weighted by Gasteiger charge is 2.14. The van der Waals surface area contributed by atoms with Crippen molar-refractivity contribution in [2.24, 2.45) is 0 Å². The van der Waals surface area contributed by atoms with Gasteiger partial charge in [-0.1, -0.05) is 0 Å². The third kappa shape index (κ3) is 2.45. The monoisotopic (exact) mass is 261 g/mol. The molecule has 1 aromatic carbocycles. The molecule has 5 nitrogen and oxygen atoms in total. The maximum absolute atomic E-state index is 11.6. The number of nitrogens with zero attached hydrogens (tertiary/aromatic N) is 1. The smallest absolute Gasteiger partial charge is 0.310 e. The van der Waals surface area contributed by atoms with Crippen molar-refractivity contribution in [1.82, 2.24) is 4.57 Å². The first-order valence-electron chi connectivity index (χ1n) is 5.82. The Morgan fingerprint density at radius 2 is 2.00 bits per heavy atom. The van der Waals surface area contributed by atoms with E-state index in [9.17, 15) is 9.59 Å². The Balaban J connectivity index is 2.60. The molecule has 0 aliphatic rings. The molecule has 0 bridgehead atoms. The van der Waals surface area contributed by atoms with E-state index in [1.165, 1.54) is 18.6 Å². The lowest BCUT2D eigenvalue weighted by molar-refractivity contribution is -0.139. The SMILES string of the molecule is COC(=O)Cc1cn(C(C)=O)c2cc(OC)ccc12. The molecule has 0 saturated carbocycles. The van der Waals surface area contributed by atoms with Crippen LogP contribution < -0.4 is 4.74 Å². The quantitative estimate of drug-likeness (QED) is 0.793. The highest BCUT2D eigenvalue weighted by molar-refractivity contribution is 5.96. The molecule has 2 rings (SSSR count). The molecule has 0 radical (unpaired) electrons. The van der Waals surface area contributed by atoms with Crippen molar-refractivity contribution in [3.63, 3.8) is 0 Å². The van der Waals surface area contributed by atoms with Gasteiger partial charge in [-0.3, -0.25) is 14.2 Å². The Kier molecular flexibility index (Phi) is 3.55. The van der Waals surface area contributed by atoms with Crippen LogP contribution in [0.5, 0.6) is 5.75 Å². The number of carbonyl (C=O) groups excluding carboxylic acids is 2. The molecule has 0 N–H and O–H groups in total. The third-order valence-electron chi connectivity index (χ3n) is 3.00. The minimum Gasteiger partial charge on any atom is -0.497 e. The minimum absolute atomic E-state index is 0.116. The number of hydrogen-bond acceptors (Lipinski definition) is 4. The Bertz CT molecular complexity index is 642. The molecule has 0 atom stereocenters. The standard InChI is InChI=1S/C14H15NO4/c1-9(16)15-8-10(6-14(17)19-3)12-5-4-11(18-2)7-13(12)15/h4-5,7-8H,6H2,1-3H3. The van der Waals surface area contributed by atoms with Crippen molar-refractivity contribution in [3.8, 4) is 5.75 Å². The van der Waals surface area contributed by atoms with Gasteiger partial charge in [0.05, 0.1) is 26.2 Å². The van der Waals surface area contributed by atoms with Gasteiger partial charge in [0, 0.05) is 24.6 Å². The fourth-order valence-electron chi connectivity index (χ4n) is 2.03. The van der Waals surface area contributed by atoms with Crippen molar-refractivity contribution < 1.29 is 19.1 Å². The van der Waals surface area contributed by atoms with Gasteiger partial charge in [0.25, 0.3) is 0 Å². The van der Waals surface area contributed by atoms with E-state index in [2.05, 4.69) is 4.74 Å². The largest absolute Gasteiger partial charge is 0.497 e. The predicted molar refractivity (Wildman–Crippen MR) is 70.5 cm³/mol. The van der Waals surface area contributed by atoms with Crippen molar-refractivity contribution in [2.75, 3.05) is 14.2 Å². The number of carbonyl (C=O) groups is 2. The number of esters is 1. The molecule has 2 aromatic rings. The van der Waals surface area contributed by atoms with Crippen LogP contribution >= 0.6 is 0 Å². The Morgan fingerprint density at radius 1 is 1.26 bits per heavy atom. The average Bonchev–Trinajstić information content (AvgIpc) is 2.76. The van der Waals surface area contributed by atoms with E-state index in [-0.39, 0.29) is 18.3 Å². The van der Waals surface area contributed by atoms with Crippen LogP contribution in [0.15, 0.2) is 24.4 Å². The summed E-state index contributed by atoms with van der Waals surface area (Å²) in [5.41, 5.74) is 1.49.